The maximum atomic E-state index is 12.3. The number of aromatic amines is 1. The standard InChI is InChI=1S/C19H19N3OS/c23-19-13-3-1-2-4-15(13)20-17(21-19)11-22-9-7-16-14(8-10-24-16)18(22)12-5-6-12/h1-4,8,10,12,18H,5-7,9,11H2,(H,20,21,23)/t18-/m1/s1. The lowest BCUT2D eigenvalue weighted by Crippen LogP contribution is -2.36. The van der Waals surface area contributed by atoms with E-state index in [4.69, 9.17) is 4.98 Å². The van der Waals surface area contributed by atoms with Gasteiger partial charge < -0.3 is 4.98 Å². The minimum absolute atomic E-state index is 0.0354. The summed E-state index contributed by atoms with van der Waals surface area (Å²) in [5.74, 6) is 1.55. The molecule has 5 heteroatoms. The molecule has 1 atom stereocenters. The molecule has 2 aromatic heterocycles. The molecule has 0 saturated heterocycles. The number of aromatic nitrogens is 2. The van der Waals surface area contributed by atoms with Crippen LogP contribution in [0.15, 0.2) is 40.5 Å². The maximum absolute atomic E-state index is 12.3. The van der Waals surface area contributed by atoms with Crippen LogP contribution in [0, 0.1) is 5.92 Å². The highest BCUT2D eigenvalue weighted by atomic mass is 32.1. The lowest BCUT2D eigenvalue weighted by atomic mass is 9.96. The summed E-state index contributed by atoms with van der Waals surface area (Å²) in [6.07, 6.45) is 3.74. The number of nitrogens with one attached hydrogen (secondary N) is 1. The fraction of sp³-hybridized carbons (Fsp3) is 0.368. The summed E-state index contributed by atoms with van der Waals surface area (Å²) in [5.41, 5.74) is 2.26. The molecule has 122 valence electrons. The molecule has 24 heavy (non-hydrogen) atoms. The fourth-order valence-corrected chi connectivity index (χ4v) is 4.85. The Bertz CT molecular complexity index is 956. The maximum Gasteiger partial charge on any atom is 0.258 e. The second kappa shape index (κ2) is 5.53. The van der Waals surface area contributed by atoms with Gasteiger partial charge >= 0.3 is 0 Å². The molecule has 1 aromatic carbocycles. The lowest BCUT2D eigenvalue weighted by molar-refractivity contribution is 0.154. The molecule has 5 rings (SSSR count). The predicted octanol–water partition coefficient (Wildman–Crippen LogP) is 3.49. The molecule has 1 fully saturated rings. The average molecular weight is 337 g/mol. The number of thiophene rings is 1. The van der Waals surface area contributed by atoms with Crippen molar-refractivity contribution >= 4 is 22.2 Å². The second-order valence-electron chi connectivity index (χ2n) is 6.83. The summed E-state index contributed by atoms with van der Waals surface area (Å²) in [7, 11) is 0. The van der Waals surface area contributed by atoms with Gasteiger partial charge in [-0.05, 0) is 54.3 Å². The molecular weight excluding hydrogens is 318 g/mol. The van der Waals surface area contributed by atoms with E-state index in [2.05, 4.69) is 21.3 Å². The second-order valence-corrected chi connectivity index (χ2v) is 7.83. The SMILES string of the molecule is O=c1[nH]c(CN2CCc3sccc3[C@H]2C2CC2)nc2ccccc12. The molecule has 0 amide bonds. The van der Waals surface area contributed by atoms with Crippen LogP contribution in [0.1, 0.15) is 35.1 Å². The van der Waals surface area contributed by atoms with E-state index in [0.717, 1.165) is 36.8 Å². The predicted molar refractivity (Wildman–Crippen MR) is 96.3 cm³/mol. The molecule has 0 bridgehead atoms. The van der Waals surface area contributed by atoms with Crippen molar-refractivity contribution in [1.29, 1.82) is 0 Å². The number of hydrogen-bond acceptors (Lipinski definition) is 4. The molecule has 0 spiro atoms. The smallest absolute Gasteiger partial charge is 0.258 e. The Kier molecular flexibility index (Phi) is 3.31. The Morgan fingerprint density at radius 1 is 1.25 bits per heavy atom. The van der Waals surface area contributed by atoms with Gasteiger partial charge in [0.1, 0.15) is 5.82 Å². The van der Waals surface area contributed by atoms with Gasteiger partial charge in [-0.25, -0.2) is 4.98 Å². The van der Waals surface area contributed by atoms with E-state index in [0.29, 0.717) is 11.4 Å². The third-order valence-corrected chi connectivity index (χ3v) is 6.20. The monoisotopic (exact) mass is 337 g/mol. The molecule has 3 aromatic rings. The van der Waals surface area contributed by atoms with Crippen molar-refractivity contribution in [3.8, 4) is 0 Å². The first-order valence-electron chi connectivity index (χ1n) is 8.58. The lowest BCUT2D eigenvalue weighted by Gasteiger charge is -2.35. The Morgan fingerprint density at radius 3 is 3.00 bits per heavy atom. The first-order chi connectivity index (χ1) is 11.8. The van der Waals surface area contributed by atoms with Crippen LogP contribution >= 0.6 is 11.3 Å². The van der Waals surface area contributed by atoms with E-state index >= 15 is 0 Å². The van der Waals surface area contributed by atoms with Gasteiger partial charge in [-0.2, -0.15) is 0 Å². The van der Waals surface area contributed by atoms with Crippen LogP contribution in [0.2, 0.25) is 0 Å². The van der Waals surface area contributed by atoms with Crippen molar-refractivity contribution in [1.82, 2.24) is 14.9 Å². The highest BCUT2D eigenvalue weighted by Crippen LogP contribution is 2.48. The van der Waals surface area contributed by atoms with Gasteiger partial charge in [0.15, 0.2) is 0 Å². The van der Waals surface area contributed by atoms with E-state index in [-0.39, 0.29) is 5.56 Å². The van der Waals surface area contributed by atoms with Crippen LogP contribution in [0.4, 0.5) is 0 Å². The molecule has 0 radical (unpaired) electrons. The largest absolute Gasteiger partial charge is 0.309 e. The van der Waals surface area contributed by atoms with Crippen LogP contribution in [-0.2, 0) is 13.0 Å². The zero-order chi connectivity index (χ0) is 16.1. The number of H-pyrrole nitrogens is 1. The van der Waals surface area contributed by atoms with Gasteiger partial charge in [0.05, 0.1) is 17.4 Å². The summed E-state index contributed by atoms with van der Waals surface area (Å²) >= 11 is 1.89. The zero-order valence-electron chi connectivity index (χ0n) is 13.4. The van der Waals surface area contributed by atoms with Crippen molar-refractivity contribution in [2.75, 3.05) is 6.54 Å². The van der Waals surface area contributed by atoms with E-state index in [1.165, 1.54) is 18.4 Å². The van der Waals surface area contributed by atoms with Crippen molar-refractivity contribution < 1.29 is 0 Å². The Hall–Kier alpha value is -1.98. The summed E-state index contributed by atoms with van der Waals surface area (Å²) in [5, 5.41) is 2.89. The fourth-order valence-electron chi connectivity index (χ4n) is 3.94. The molecule has 2 aliphatic rings. The van der Waals surface area contributed by atoms with Crippen LogP contribution in [-0.4, -0.2) is 21.4 Å². The Balaban J connectivity index is 1.50. The summed E-state index contributed by atoms with van der Waals surface area (Å²) < 4.78 is 0. The Labute approximate surface area is 144 Å². The Morgan fingerprint density at radius 2 is 2.12 bits per heavy atom. The quantitative estimate of drug-likeness (QED) is 0.796. The molecule has 0 unspecified atom stereocenters. The van der Waals surface area contributed by atoms with Gasteiger partial charge in [0, 0.05) is 17.5 Å². The van der Waals surface area contributed by atoms with Crippen molar-refractivity contribution in [3.05, 3.63) is 62.3 Å². The van der Waals surface area contributed by atoms with E-state index in [9.17, 15) is 4.79 Å². The number of hydrogen-bond donors (Lipinski definition) is 1. The highest BCUT2D eigenvalue weighted by molar-refractivity contribution is 7.10. The average Bonchev–Trinajstić information content (AvgIpc) is 3.31. The van der Waals surface area contributed by atoms with E-state index < -0.39 is 0 Å². The van der Waals surface area contributed by atoms with Gasteiger partial charge in [0.25, 0.3) is 5.56 Å². The molecule has 1 aliphatic carbocycles. The van der Waals surface area contributed by atoms with Gasteiger partial charge in [0.2, 0.25) is 0 Å². The zero-order valence-corrected chi connectivity index (χ0v) is 14.2. The van der Waals surface area contributed by atoms with E-state index in [1.54, 1.807) is 4.88 Å². The van der Waals surface area contributed by atoms with Crippen molar-refractivity contribution in [2.45, 2.75) is 31.8 Å². The summed E-state index contributed by atoms with van der Waals surface area (Å²) in [6.45, 7) is 1.77. The minimum atomic E-state index is -0.0354. The van der Waals surface area contributed by atoms with Gasteiger partial charge in [-0.3, -0.25) is 9.69 Å². The summed E-state index contributed by atoms with van der Waals surface area (Å²) in [6, 6.07) is 10.4. The van der Waals surface area contributed by atoms with Crippen LogP contribution in [0.5, 0.6) is 0 Å². The molecular formula is C19H19N3OS. The van der Waals surface area contributed by atoms with Crippen LogP contribution < -0.4 is 5.56 Å². The molecule has 1 aliphatic heterocycles. The minimum Gasteiger partial charge on any atom is -0.309 e. The first kappa shape index (κ1) is 14.4. The first-order valence-corrected chi connectivity index (χ1v) is 9.46. The molecule has 1 N–H and O–H groups in total. The van der Waals surface area contributed by atoms with Gasteiger partial charge in [-0.15, -0.1) is 11.3 Å². The molecule has 4 nitrogen and oxygen atoms in total. The summed E-state index contributed by atoms with van der Waals surface area (Å²) in [4.78, 5) is 24.1. The van der Waals surface area contributed by atoms with Crippen LogP contribution in [0.25, 0.3) is 10.9 Å². The van der Waals surface area contributed by atoms with E-state index in [1.807, 2.05) is 35.6 Å². The van der Waals surface area contributed by atoms with Gasteiger partial charge in [-0.1, -0.05) is 12.1 Å². The third kappa shape index (κ3) is 2.39. The normalized spacial score (nSPS) is 21.1. The number of nitrogens with zero attached hydrogens (tertiary/aromatic N) is 2. The third-order valence-electron chi connectivity index (χ3n) is 5.20. The number of fused-ring (bicyclic) bond motifs is 2. The van der Waals surface area contributed by atoms with Crippen LogP contribution in [0.3, 0.4) is 0 Å². The molecule has 3 heterocycles. The van der Waals surface area contributed by atoms with Crippen molar-refractivity contribution in [2.24, 2.45) is 5.92 Å². The number of rotatable bonds is 3. The highest BCUT2D eigenvalue weighted by Gasteiger charge is 2.40. The topological polar surface area (TPSA) is 49.0 Å². The number of benzene rings is 1. The number of para-hydroxylation sites is 1. The molecule has 1 saturated carbocycles. The van der Waals surface area contributed by atoms with Crippen molar-refractivity contribution in [3.63, 3.8) is 0 Å².